The van der Waals surface area contributed by atoms with Gasteiger partial charge in [-0.05, 0) is 56.5 Å². The number of fused-ring (bicyclic) bond motifs is 1. The molecule has 0 spiro atoms. The molecule has 1 nitrogen and oxygen atoms in total. The van der Waals surface area contributed by atoms with Crippen LogP contribution in [-0.2, 0) is 0 Å². The first kappa shape index (κ1) is 11.4. The molecule has 0 bridgehead atoms. The lowest BCUT2D eigenvalue weighted by Gasteiger charge is -2.34. The van der Waals surface area contributed by atoms with E-state index in [9.17, 15) is 0 Å². The molecule has 0 amide bonds. The lowest BCUT2D eigenvalue weighted by Crippen LogP contribution is -2.30. The van der Waals surface area contributed by atoms with Gasteiger partial charge in [-0.1, -0.05) is 32.6 Å². The summed E-state index contributed by atoms with van der Waals surface area (Å²) in [6.45, 7) is 4.90. The Bertz CT molecular complexity index is 190. The summed E-state index contributed by atoms with van der Waals surface area (Å²) in [4.78, 5) is 0. The zero-order valence-corrected chi connectivity index (χ0v) is 10.4. The molecule has 0 radical (unpaired) electrons. The Morgan fingerprint density at radius 1 is 1.20 bits per heavy atom. The summed E-state index contributed by atoms with van der Waals surface area (Å²) in [5.41, 5.74) is 0.763. The van der Waals surface area contributed by atoms with E-state index in [4.69, 9.17) is 0 Å². The van der Waals surface area contributed by atoms with Crippen molar-refractivity contribution in [2.75, 3.05) is 13.1 Å². The van der Waals surface area contributed by atoms with Crippen molar-refractivity contribution in [3.05, 3.63) is 0 Å². The average molecular weight is 209 g/mol. The predicted octanol–water partition coefficient (Wildman–Crippen LogP) is 3.74. The zero-order valence-electron chi connectivity index (χ0n) is 10.4. The largest absolute Gasteiger partial charge is 0.316 e. The highest BCUT2D eigenvalue weighted by Crippen LogP contribution is 2.50. The molecule has 1 N–H and O–H groups in total. The molecule has 0 aromatic carbocycles. The Kier molecular flexibility index (Phi) is 4.07. The molecule has 0 aromatic rings. The van der Waals surface area contributed by atoms with Gasteiger partial charge in [-0.15, -0.1) is 0 Å². The summed E-state index contributed by atoms with van der Waals surface area (Å²) < 4.78 is 0. The summed E-state index contributed by atoms with van der Waals surface area (Å²) in [5, 5.41) is 3.63. The van der Waals surface area contributed by atoms with E-state index in [1.165, 1.54) is 70.9 Å². The summed E-state index contributed by atoms with van der Waals surface area (Å²) >= 11 is 0. The van der Waals surface area contributed by atoms with E-state index < -0.39 is 0 Å². The monoisotopic (exact) mass is 209 g/mol. The minimum absolute atomic E-state index is 0.763. The third-order valence-electron chi connectivity index (χ3n) is 4.79. The maximum atomic E-state index is 3.63. The molecule has 1 saturated carbocycles. The molecule has 0 aromatic heterocycles. The number of nitrogens with one attached hydrogen (secondary N) is 1. The first-order valence-electron chi connectivity index (χ1n) is 7.08. The molecule has 1 aliphatic heterocycles. The van der Waals surface area contributed by atoms with Gasteiger partial charge in [0.2, 0.25) is 0 Å². The van der Waals surface area contributed by atoms with Crippen LogP contribution in [0, 0.1) is 11.3 Å². The van der Waals surface area contributed by atoms with Crippen LogP contribution in [0.5, 0.6) is 0 Å². The Morgan fingerprint density at radius 3 is 2.93 bits per heavy atom. The molecule has 2 atom stereocenters. The molecule has 1 aliphatic carbocycles. The van der Waals surface area contributed by atoms with Crippen LogP contribution in [0.15, 0.2) is 0 Å². The molecule has 2 unspecified atom stereocenters. The van der Waals surface area contributed by atoms with Crippen LogP contribution in [0.25, 0.3) is 0 Å². The fourth-order valence-electron chi connectivity index (χ4n) is 3.88. The minimum Gasteiger partial charge on any atom is -0.316 e. The zero-order chi connectivity index (χ0) is 10.6. The van der Waals surface area contributed by atoms with Gasteiger partial charge in [0.05, 0.1) is 0 Å². The number of hydrogen-bond acceptors (Lipinski definition) is 1. The maximum absolute atomic E-state index is 3.63. The van der Waals surface area contributed by atoms with Gasteiger partial charge in [-0.2, -0.15) is 0 Å². The lowest BCUT2D eigenvalue weighted by molar-refractivity contribution is 0.169. The molecular weight excluding hydrogens is 182 g/mol. The van der Waals surface area contributed by atoms with E-state index >= 15 is 0 Å². The van der Waals surface area contributed by atoms with E-state index in [-0.39, 0.29) is 0 Å². The summed E-state index contributed by atoms with van der Waals surface area (Å²) in [6.07, 6.45) is 13.3. The summed E-state index contributed by atoms with van der Waals surface area (Å²) in [6, 6.07) is 0. The van der Waals surface area contributed by atoms with Gasteiger partial charge in [0, 0.05) is 0 Å². The predicted molar refractivity (Wildman–Crippen MR) is 66.0 cm³/mol. The van der Waals surface area contributed by atoms with Crippen molar-refractivity contribution in [2.45, 2.75) is 64.7 Å². The molecule has 88 valence electrons. The van der Waals surface area contributed by atoms with Crippen LogP contribution in [0.2, 0.25) is 0 Å². The van der Waals surface area contributed by atoms with Crippen molar-refractivity contribution in [3.8, 4) is 0 Å². The Hall–Kier alpha value is -0.0400. The van der Waals surface area contributed by atoms with Crippen molar-refractivity contribution < 1.29 is 0 Å². The summed E-state index contributed by atoms with van der Waals surface area (Å²) in [5.74, 6) is 1.01. The van der Waals surface area contributed by atoms with E-state index in [2.05, 4.69) is 12.2 Å². The van der Waals surface area contributed by atoms with Crippen LogP contribution in [0.1, 0.15) is 64.7 Å². The second-order valence-electron chi connectivity index (χ2n) is 5.72. The van der Waals surface area contributed by atoms with Gasteiger partial charge in [0.15, 0.2) is 0 Å². The van der Waals surface area contributed by atoms with Crippen molar-refractivity contribution >= 4 is 0 Å². The van der Waals surface area contributed by atoms with E-state index in [0.717, 1.165) is 11.3 Å². The number of hydrogen-bond donors (Lipinski definition) is 1. The van der Waals surface area contributed by atoms with Crippen LogP contribution >= 0.6 is 0 Å². The number of unbranched alkanes of at least 4 members (excludes halogenated alkanes) is 2. The summed E-state index contributed by atoms with van der Waals surface area (Å²) in [7, 11) is 0. The van der Waals surface area contributed by atoms with E-state index in [1.807, 2.05) is 0 Å². The first-order valence-corrected chi connectivity index (χ1v) is 7.08. The molecule has 1 heterocycles. The smallest absolute Gasteiger partial charge is 0.00152 e. The van der Waals surface area contributed by atoms with Gasteiger partial charge in [0.1, 0.15) is 0 Å². The molecule has 2 fully saturated rings. The quantitative estimate of drug-likeness (QED) is 0.696. The van der Waals surface area contributed by atoms with E-state index in [0.29, 0.717) is 0 Å². The second-order valence-corrected chi connectivity index (χ2v) is 5.72. The molecule has 1 saturated heterocycles. The average Bonchev–Trinajstić information content (AvgIpc) is 2.53. The molecule has 1 heteroatoms. The van der Waals surface area contributed by atoms with Crippen LogP contribution < -0.4 is 5.32 Å². The molecule has 15 heavy (non-hydrogen) atoms. The number of rotatable bonds is 4. The van der Waals surface area contributed by atoms with E-state index in [1.54, 1.807) is 0 Å². The van der Waals surface area contributed by atoms with Gasteiger partial charge in [0.25, 0.3) is 0 Å². The minimum atomic E-state index is 0.763. The Morgan fingerprint density at radius 2 is 2.07 bits per heavy atom. The third-order valence-corrected chi connectivity index (χ3v) is 4.79. The first-order chi connectivity index (χ1) is 7.37. The highest BCUT2D eigenvalue weighted by atomic mass is 14.9. The maximum Gasteiger partial charge on any atom is -0.00152 e. The van der Waals surface area contributed by atoms with Crippen molar-refractivity contribution in [3.63, 3.8) is 0 Å². The molecule has 2 aliphatic rings. The van der Waals surface area contributed by atoms with Crippen LogP contribution in [-0.4, -0.2) is 13.1 Å². The fourth-order valence-corrected chi connectivity index (χ4v) is 3.88. The van der Waals surface area contributed by atoms with Gasteiger partial charge >= 0.3 is 0 Å². The second kappa shape index (κ2) is 5.34. The van der Waals surface area contributed by atoms with Crippen LogP contribution in [0.3, 0.4) is 0 Å². The highest BCUT2D eigenvalue weighted by Gasteiger charge is 2.42. The SMILES string of the molecule is CCCCCC12CCCNCC1CCC2. The van der Waals surface area contributed by atoms with Crippen molar-refractivity contribution in [2.24, 2.45) is 11.3 Å². The van der Waals surface area contributed by atoms with Gasteiger partial charge in [-0.3, -0.25) is 0 Å². The fraction of sp³-hybridized carbons (Fsp3) is 1.00. The van der Waals surface area contributed by atoms with Crippen LogP contribution in [0.4, 0.5) is 0 Å². The highest BCUT2D eigenvalue weighted by molar-refractivity contribution is 4.94. The topological polar surface area (TPSA) is 12.0 Å². The third kappa shape index (κ3) is 2.55. The lowest BCUT2D eigenvalue weighted by atomic mass is 9.71. The molecular formula is C14H27N. The standard InChI is InChI=1S/C14H27N/c1-2-3-4-8-14-9-5-7-13(14)12-15-11-6-10-14/h13,15H,2-12H2,1H3. The van der Waals surface area contributed by atoms with Crippen molar-refractivity contribution in [1.82, 2.24) is 5.32 Å². The van der Waals surface area contributed by atoms with Crippen molar-refractivity contribution in [1.29, 1.82) is 0 Å². The van der Waals surface area contributed by atoms with Gasteiger partial charge < -0.3 is 5.32 Å². The Balaban J connectivity index is 1.93. The normalized spacial score (nSPS) is 36.2. The Labute approximate surface area is 95.0 Å². The molecule has 2 rings (SSSR count). The van der Waals surface area contributed by atoms with Gasteiger partial charge in [-0.25, -0.2) is 0 Å².